The summed E-state index contributed by atoms with van der Waals surface area (Å²) in [6, 6.07) is 9.22. The van der Waals surface area contributed by atoms with Gasteiger partial charge in [0.25, 0.3) is 0 Å². The molecule has 1 atom stereocenters. The smallest absolute Gasteiger partial charge is 0.387 e. The molecule has 2 aliphatic rings. The highest BCUT2D eigenvalue weighted by Gasteiger charge is 2.35. The average Bonchev–Trinajstić information content (AvgIpc) is 3.64. The van der Waals surface area contributed by atoms with Gasteiger partial charge in [0.05, 0.1) is 10.7 Å². The molecule has 0 N–H and O–H groups in total. The summed E-state index contributed by atoms with van der Waals surface area (Å²) in [7, 11) is 0. The molecule has 7 nitrogen and oxygen atoms in total. The van der Waals surface area contributed by atoms with Gasteiger partial charge >= 0.3 is 6.18 Å². The van der Waals surface area contributed by atoms with Crippen LogP contribution in [0.2, 0.25) is 0 Å². The summed E-state index contributed by atoms with van der Waals surface area (Å²) >= 11 is 1.60. The Morgan fingerprint density at radius 2 is 1.97 bits per heavy atom. The molecule has 1 fully saturated rings. The van der Waals surface area contributed by atoms with Crippen LogP contribution in [0.3, 0.4) is 0 Å². The van der Waals surface area contributed by atoms with Crippen LogP contribution < -0.4 is 0 Å². The number of halogens is 3. The largest absolute Gasteiger partial charge is 0.435 e. The van der Waals surface area contributed by atoms with Crippen molar-refractivity contribution in [1.29, 1.82) is 0 Å². The predicted molar refractivity (Wildman–Crippen MR) is 133 cm³/mol. The molecule has 3 aromatic rings. The lowest BCUT2D eigenvalue weighted by Crippen LogP contribution is -2.40. The van der Waals surface area contributed by atoms with E-state index >= 15 is 0 Å². The fourth-order valence-electron chi connectivity index (χ4n) is 4.89. The first-order valence-electron chi connectivity index (χ1n) is 12.4. The number of benzene rings is 1. The van der Waals surface area contributed by atoms with Gasteiger partial charge in [-0.15, -0.1) is 11.3 Å². The van der Waals surface area contributed by atoms with Gasteiger partial charge in [0.2, 0.25) is 5.91 Å². The van der Waals surface area contributed by atoms with Crippen molar-refractivity contribution in [3.05, 3.63) is 68.9 Å². The Morgan fingerprint density at radius 3 is 2.68 bits per heavy atom. The van der Waals surface area contributed by atoms with Crippen molar-refractivity contribution in [2.75, 3.05) is 13.1 Å². The molecule has 0 aliphatic carbocycles. The number of nitrogens with zero attached hydrogens (tertiary/aromatic N) is 5. The lowest BCUT2D eigenvalue weighted by Gasteiger charge is -2.31. The minimum atomic E-state index is -4.53. The summed E-state index contributed by atoms with van der Waals surface area (Å²) in [4.78, 5) is 25.0. The monoisotopic (exact) mass is 531 g/mol. The quantitative estimate of drug-likeness (QED) is 0.421. The standard InChI is InChI=1S/C26H28F3N5O2S/c1-3-17-6-4-5-7-19(17)22-13-20(32-36-22)21-15-37-25(30-21)18-8-10-33(11-9-18)24(35)14-34-16(2)12-23(31-34)26(27,28)29/h4-7,12,15,18,22H,3,8-11,13-14H2,1-2H3. The highest BCUT2D eigenvalue weighted by atomic mass is 32.1. The van der Waals surface area contributed by atoms with Gasteiger partial charge in [-0.1, -0.05) is 36.3 Å². The second-order valence-corrected chi connectivity index (χ2v) is 10.3. The Morgan fingerprint density at radius 1 is 1.22 bits per heavy atom. The molecule has 0 radical (unpaired) electrons. The topological polar surface area (TPSA) is 72.6 Å². The number of hydrogen-bond acceptors (Lipinski definition) is 6. The van der Waals surface area contributed by atoms with Crippen LogP contribution in [0.15, 0.2) is 40.9 Å². The number of carbonyl (C=O) groups is 1. The van der Waals surface area contributed by atoms with E-state index in [2.05, 4.69) is 29.3 Å². The van der Waals surface area contributed by atoms with Crippen molar-refractivity contribution in [3.8, 4) is 0 Å². The van der Waals surface area contributed by atoms with Crippen molar-refractivity contribution in [1.82, 2.24) is 19.7 Å². The first-order valence-corrected chi connectivity index (χ1v) is 13.3. The van der Waals surface area contributed by atoms with Crippen molar-refractivity contribution in [2.45, 2.75) is 64.3 Å². The Kier molecular flexibility index (Phi) is 7.06. The fraction of sp³-hybridized carbons (Fsp3) is 0.462. The van der Waals surface area contributed by atoms with Crippen LogP contribution in [0.4, 0.5) is 13.2 Å². The molecule has 37 heavy (non-hydrogen) atoms. The number of piperidine rings is 1. The molecule has 1 unspecified atom stereocenters. The Bertz CT molecular complexity index is 1310. The summed E-state index contributed by atoms with van der Waals surface area (Å²) in [6.07, 6.45) is -1.52. The second kappa shape index (κ2) is 10.3. The Balaban J connectivity index is 1.16. The SMILES string of the molecule is CCc1ccccc1C1CC(c2csc(C3CCN(C(=O)Cn4nc(C(F)(F)F)cc4C)CC3)n2)=NO1. The number of amides is 1. The Labute approximate surface area is 216 Å². The van der Waals surface area contributed by atoms with Crippen molar-refractivity contribution in [2.24, 2.45) is 5.16 Å². The normalized spacial score (nSPS) is 18.7. The molecule has 1 aromatic carbocycles. The highest BCUT2D eigenvalue weighted by Crippen LogP contribution is 2.35. The molecule has 0 saturated carbocycles. The zero-order chi connectivity index (χ0) is 26.2. The fourth-order valence-corrected chi connectivity index (χ4v) is 5.89. The third kappa shape index (κ3) is 5.41. The molecule has 11 heteroatoms. The third-order valence-corrected chi connectivity index (χ3v) is 8.03. The van der Waals surface area contributed by atoms with E-state index in [1.54, 1.807) is 16.2 Å². The summed E-state index contributed by atoms with van der Waals surface area (Å²) in [5.74, 6) is -0.000304. The molecule has 196 valence electrons. The first kappa shape index (κ1) is 25.4. The van der Waals surface area contributed by atoms with Crippen LogP contribution in [-0.2, 0) is 28.8 Å². The van der Waals surface area contributed by atoms with E-state index in [1.165, 1.54) is 12.5 Å². The van der Waals surface area contributed by atoms with Crippen LogP contribution in [0.5, 0.6) is 0 Å². The van der Waals surface area contributed by atoms with Crippen LogP contribution in [0.25, 0.3) is 0 Å². The minimum Gasteiger partial charge on any atom is -0.387 e. The van der Waals surface area contributed by atoms with Crippen LogP contribution >= 0.6 is 11.3 Å². The van der Waals surface area contributed by atoms with Crippen molar-refractivity contribution >= 4 is 23.0 Å². The number of hydrogen-bond donors (Lipinski definition) is 0. The molecule has 0 bridgehead atoms. The number of carbonyl (C=O) groups excluding carboxylic acids is 1. The molecule has 1 saturated heterocycles. The van der Waals surface area contributed by atoms with E-state index in [9.17, 15) is 18.0 Å². The van der Waals surface area contributed by atoms with Gasteiger partial charge in [-0.25, -0.2) is 4.98 Å². The first-order chi connectivity index (χ1) is 17.7. The molecule has 4 heterocycles. The molecule has 0 spiro atoms. The van der Waals surface area contributed by atoms with E-state index in [4.69, 9.17) is 9.82 Å². The maximum Gasteiger partial charge on any atom is 0.435 e. The van der Waals surface area contributed by atoms with Gasteiger partial charge in [0.15, 0.2) is 11.8 Å². The highest BCUT2D eigenvalue weighted by molar-refractivity contribution is 7.10. The Hall–Kier alpha value is -3.21. The molecule has 5 rings (SSSR count). The lowest BCUT2D eigenvalue weighted by molar-refractivity contribution is -0.142. The second-order valence-electron chi connectivity index (χ2n) is 9.44. The number of aryl methyl sites for hydroxylation is 2. The lowest BCUT2D eigenvalue weighted by atomic mass is 9.96. The number of rotatable bonds is 6. The number of likely N-dealkylation sites (tertiary alicyclic amines) is 1. The maximum atomic E-state index is 12.9. The minimum absolute atomic E-state index is 0.101. The number of aromatic nitrogens is 3. The number of thiazole rings is 1. The van der Waals surface area contributed by atoms with E-state index < -0.39 is 11.9 Å². The van der Waals surface area contributed by atoms with Crippen LogP contribution in [-0.4, -0.2) is 44.4 Å². The summed E-state index contributed by atoms with van der Waals surface area (Å²) in [5.41, 5.74) is 3.44. The summed E-state index contributed by atoms with van der Waals surface area (Å²) < 4.78 is 39.9. The van der Waals surface area contributed by atoms with Crippen molar-refractivity contribution in [3.63, 3.8) is 0 Å². The van der Waals surface area contributed by atoms with Gasteiger partial charge in [-0.2, -0.15) is 18.3 Å². The third-order valence-electron chi connectivity index (χ3n) is 7.02. The van der Waals surface area contributed by atoms with Crippen LogP contribution in [0.1, 0.15) is 71.4 Å². The van der Waals surface area contributed by atoms with Gasteiger partial charge in [-0.05, 0) is 43.4 Å². The van der Waals surface area contributed by atoms with Gasteiger partial charge in [0.1, 0.15) is 12.3 Å². The summed E-state index contributed by atoms with van der Waals surface area (Å²) in [5, 5.41) is 10.9. The summed E-state index contributed by atoms with van der Waals surface area (Å²) in [6.45, 7) is 4.52. The number of oxime groups is 1. The molecular formula is C26H28F3N5O2S. The molecule has 2 aromatic heterocycles. The molecule has 1 amide bonds. The van der Waals surface area contributed by atoms with E-state index in [0.717, 1.165) is 52.0 Å². The van der Waals surface area contributed by atoms with Crippen molar-refractivity contribution < 1.29 is 22.8 Å². The maximum absolute atomic E-state index is 12.9. The zero-order valence-corrected chi connectivity index (χ0v) is 21.5. The van der Waals surface area contributed by atoms with E-state index in [-0.39, 0.29) is 24.5 Å². The van der Waals surface area contributed by atoms with E-state index in [0.29, 0.717) is 25.2 Å². The van der Waals surface area contributed by atoms with Gasteiger partial charge in [-0.3, -0.25) is 9.48 Å². The number of alkyl halides is 3. The van der Waals surface area contributed by atoms with Gasteiger partial charge in [0, 0.05) is 36.5 Å². The molecule has 2 aliphatic heterocycles. The van der Waals surface area contributed by atoms with Gasteiger partial charge < -0.3 is 9.74 Å². The van der Waals surface area contributed by atoms with E-state index in [1.807, 2.05) is 17.5 Å². The predicted octanol–water partition coefficient (Wildman–Crippen LogP) is 5.50. The average molecular weight is 532 g/mol. The zero-order valence-electron chi connectivity index (χ0n) is 20.7. The molecular weight excluding hydrogens is 503 g/mol. The van der Waals surface area contributed by atoms with Crippen LogP contribution in [0, 0.1) is 6.92 Å².